The average molecular weight is 305 g/mol. The number of rotatable bonds is 3. The number of halogens is 1. The Kier molecular flexibility index (Phi) is 3.88. The zero-order valence-corrected chi connectivity index (χ0v) is 9.98. The van der Waals surface area contributed by atoms with Crippen LogP contribution < -0.4 is 5.73 Å². The largest absolute Gasteiger partial charge is 0.480 e. The van der Waals surface area contributed by atoms with Crippen molar-refractivity contribution in [1.29, 1.82) is 0 Å². The summed E-state index contributed by atoms with van der Waals surface area (Å²) in [4.78, 5) is 10.6. The second-order valence-electron chi connectivity index (χ2n) is 3.22. The molecule has 0 bridgehead atoms. The first-order valence-electron chi connectivity index (χ1n) is 4.24. The summed E-state index contributed by atoms with van der Waals surface area (Å²) in [5.74, 6) is -0.955. The fourth-order valence-corrected chi connectivity index (χ4v) is 1.74. The van der Waals surface area contributed by atoms with Gasteiger partial charge in [0.2, 0.25) is 0 Å². The SMILES string of the molecule is Cc1ccc(I)cc1C[C@@H](N)C(=O)O. The number of aliphatic carboxylic acids is 1. The summed E-state index contributed by atoms with van der Waals surface area (Å²) in [6.45, 7) is 1.96. The molecule has 76 valence electrons. The Balaban J connectivity index is 2.85. The van der Waals surface area contributed by atoms with Gasteiger partial charge in [0, 0.05) is 3.57 Å². The van der Waals surface area contributed by atoms with Gasteiger partial charge in [-0.3, -0.25) is 4.79 Å². The molecule has 4 heteroatoms. The molecule has 14 heavy (non-hydrogen) atoms. The van der Waals surface area contributed by atoms with Crippen LogP contribution in [-0.2, 0) is 11.2 Å². The van der Waals surface area contributed by atoms with Gasteiger partial charge in [0.1, 0.15) is 6.04 Å². The van der Waals surface area contributed by atoms with Gasteiger partial charge in [-0.2, -0.15) is 0 Å². The summed E-state index contributed by atoms with van der Waals surface area (Å²) >= 11 is 2.20. The van der Waals surface area contributed by atoms with Crippen LogP contribution in [0.1, 0.15) is 11.1 Å². The Morgan fingerprint density at radius 3 is 2.86 bits per heavy atom. The van der Waals surface area contributed by atoms with Crippen LogP contribution >= 0.6 is 22.6 Å². The first kappa shape index (κ1) is 11.5. The van der Waals surface area contributed by atoms with Gasteiger partial charge < -0.3 is 10.8 Å². The van der Waals surface area contributed by atoms with Gasteiger partial charge in [0.05, 0.1) is 0 Å². The third kappa shape index (κ3) is 2.95. The molecule has 0 aliphatic rings. The maximum absolute atomic E-state index is 10.6. The van der Waals surface area contributed by atoms with Crippen molar-refractivity contribution in [1.82, 2.24) is 0 Å². The van der Waals surface area contributed by atoms with Crippen molar-refractivity contribution in [2.45, 2.75) is 19.4 Å². The van der Waals surface area contributed by atoms with Gasteiger partial charge in [-0.05, 0) is 59.2 Å². The van der Waals surface area contributed by atoms with Crippen molar-refractivity contribution < 1.29 is 9.90 Å². The highest BCUT2D eigenvalue weighted by Gasteiger charge is 2.13. The number of hydrogen-bond donors (Lipinski definition) is 2. The van der Waals surface area contributed by atoms with Gasteiger partial charge in [-0.1, -0.05) is 6.07 Å². The van der Waals surface area contributed by atoms with Crippen molar-refractivity contribution in [3.63, 3.8) is 0 Å². The molecule has 0 unspecified atom stereocenters. The maximum Gasteiger partial charge on any atom is 0.320 e. The molecule has 3 nitrogen and oxygen atoms in total. The van der Waals surface area contributed by atoms with Crippen molar-refractivity contribution >= 4 is 28.6 Å². The van der Waals surface area contributed by atoms with E-state index in [1.54, 1.807) is 0 Å². The predicted molar refractivity (Wildman–Crippen MR) is 63.2 cm³/mol. The van der Waals surface area contributed by atoms with Gasteiger partial charge in [-0.15, -0.1) is 0 Å². The van der Waals surface area contributed by atoms with E-state index < -0.39 is 12.0 Å². The lowest BCUT2D eigenvalue weighted by molar-refractivity contribution is -0.138. The summed E-state index contributed by atoms with van der Waals surface area (Å²) in [5, 5.41) is 8.68. The maximum atomic E-state index is 10.6. The predicted octanol–water partition coefficient (Wildman–Crippen LogP) is 1.55. The molecular formula is C10H12INO2. The van der Waals surface area contributed by atoms with E-state index in [0.29, 0.717) is 6.42 Å². The van der Waals surface area contributed by atoms with Crippen LogP contribution in [-0.4, -0.2) is 17.1 Å². The minimum atomic E-state index is -0.955. The van der Waals surface area contributed by atoms with E-state index in [9.17, 15) is 4.79 Å². The molecule has 1 rings (SSSR count). The molecule has 0 aromatic heterocycles. The van der Waals surface area contributed by atoms with Crippen LogP contribution in [0.4, 0.5) is 0 Å². The zero-order valence-electron chi connectivity index (χ0n) is 7.83. The van der Waals surface area contributed by atoms with Gasteiger partial charge >= 0.3 is 5.97 Å². The zero-order chi connectivity index (χ0) is 10.7. The summed E-state index contributed by atoms with van der Waals surface area (Å²) in [7, 11) is 0. The van der Waals surface area contributed by atoms with Crippen LogP contribution in [0.25, 0.3) is 0 Å². The van der Waals surface area contributed by atoms with E-state index in [4.69, 9.17) is 10.8 Å². The van der Waals surface area contributed by atoms with Crippen molar-refractivity contribution in [2.75, 3.05) is 0 Å². The van der Waals surface area contributed by atoms with E-state index in [1.807, 2.05) is 25.1 Å². The lowest BCUT2D eigenvalue weighted by Crippen LogP contribution is -2.32. The van der Waals surface area contributed by atoms with Gasteiger partial charge in [0.25, 0.3) is 0 Å². The Morgan fingerprint density at radius 1 is 1.64 bits per heavy atom. The minimum Gasteiger partial charge on any atom is -0.480 e. The molecule has 0 spiro atoms. The quantitative estimate of drug-likeness (QED) is 0.833. The topological polar surface area (TPSA) is 63.3 Å². The molecule has 0 saturated carbocycles. The van der Waals surface area contributed by atoms with Crippen molar-refractivity contribution in [2.24, 2.45) is 5.73 Å². The third-order valence-corrected chi connectivity index (χ3v) is 2.74. The molecule has 0 heterocycles. The number of carbonyl (C=O) groups is 1. The second kappa shape index (κ2) is 4.75. The first-order valence-corrected chi connectivity index (χ1v) is 5.32. The van der Waals surface area contributed by atoms with Crippen LogP contribution in [0.15, 0.2) is 18.2 Å². The molecular weight excluding hydrogens is 293 g/mol. The minimum absolute atomic E-state index is 0.387. The van der Waals surface area contributed by atoms with Gasteiger partial charge in [-0.25, -0.2) is 0 Å². The summed E-state index contributed by atoms with van der Waals surface area (Å²) in [6, 6.07) is 5.13. The lowest BCUT2D eigenvalue weighted by atomic mass is 10.0. The number of carboxylic acid groups (broad SMARTS) is 1. The van der Waals surface area contributed by atoms with E-state index in [1.165, 1.54) is 0 Å². The van der Waals surface area contributed by atoms with Crippen LogP contribution in [0.3, 0.4) is 0 Å². The number of aryl methyl sites for hydroxylation is 1. The molecule has 1 aromatic rings. The Morgan fingerprint density at radius 2 is 2.29 bits per heavy atom. The molecule has 0 amide bonds. The number of carboxylic acids is 1. The average Bonchev–Trinajstić information content (AvgIpc) is 2.11. The number of nitrogens with two attached hydrogens (primary N) is 1. The molecule has 0 saturated heterocycles. The molecule has 0 aliphatic carbocycles. The molecule has 0 fully saturated rings. The monoisotopic (exact) mass is 305 g/mol. The van der Waals surface area contributed by atoms with Crippen LogP contribution in [0.2, 0.25) is 0 Å². The Labute approximate surface area is 96.4 Å². The third-order valence-electron chi connectivity index (χ3n) is 2.07. The lowest BCUT2D eigenvalue weighted by Gasteiger charge is -2.09. The Bertz CT molecular complexity index is 352. The number of hydrogen-bond acceptors (Lipinski definition) is 2. The Hall–Kier alpha value is -0.620. The van der Waals surface area contributed by atoms with Gasteiger partial charge in [0.15, 0.2) is 0 Å². The van der Waals surface area contributed by atoms with E-state index in [0.717, 1.165) is 14.7 Å². The van der Waals surface area contributed by atoms with Crippen LogP contribution in [0.5, 0.6) is 0 Å². The van der Waals surface area contributed by atoms with E-state index in [-0.39, 0.29) is 0 Å². The van der Waals surface area contributed by atoms with E-state index in [2.05, 4.69) is 22.6 Å². The highest BCUT2D eigenvalue weighted by Crippen LogP contribution is 2.14. The first-order chi connectivity index (χ1) is 6.50. The normalized spacial score (nSPS) is 12.5. The van der Waals surface area contributed by atoms with Crippen LogP contribution in [0, 0.1) is 10.5 Å². The fourth-order valence-electron chi connectivity index (χ4n) is 1.18. The smallest absolute Gasteiger partial charge is 0.320 e. The van der Waals surface area contributed by atoms with E-state index >= 15 is 0 Å². The highest BCUT2D eigenvalue weighted by atomic mass is 127. The fraction of sp³-hybridized carbons (Fsp3) is 0.300. The summed E-state index contributed by atoms with van der Waals surface area (Å²) < 4.78 is 1.10. The molecule has 1 atom stereocenters. The molecule has 0 aliphatic heterocycles. The molecule has 1 aromatic carbocycles. The number of benzene rings is 1. The summed E-state index contributed by atoms with van der Waals surface area (Å²) in [5.41, 5.74) is 7.56. The molecule has 0 radical (unpaired) electrons. The molecule has 3 N–H and O–H groups in total. The highest BCUT2D eigenvalue weighted by molar-refractivity contribution is 14.1. The van der Waals surface area contributed by atoms with Crippen molar-refractivity contribution in [3.8, 4) is 0 Å². The summed E-state index contributed by atoms with van der Waals surface area (Å²) in [6.07, 6.45) is 0.387. The second-order valence-corrected chi connectivity index (χ2v) is 4.47. The standard InChI is InChI=1S/C10H12INO2/c1-6-2-3-8(11)4-7(6)5-9(12)10(13)14/h2-4,9H,5,12H2,1H3,(H,13,14)/t9-/m1/s1. The van der Waals surface area contributed by atoms with Crippen molar-refractivity contribution in [3.05, 3.63) is 32.9 Å².